The van der Waals surface area contributed by atoms with Crippen molar-refractivity contribution >= 4 is 33.1 Å². The Hall–Kier alpha value is -1.88. The fourth-order valence-electron chi connectivity index (χ4n) is 2.14. The molecule has 1 amide bonds. The molecule has 1 heterocycles. The zero-order valence-electron chi connectivity index (χ0n) is 12.8. The van der Waals surface area contributed by atoms with Gasteiger partial charge in [-0.25, -0.2) is 4.98 Å². The molecule has 0 spiro atoms. The van der Waals surface area contributed by atoms with Crippen LogP contribution < -0.4 is 5.32 Å². The number of carbonyl (C=O) groups is 1. The van der Waals surface area contributed by atoms with E-state index in [1.807, 2.05) is 39.0 Å². The molecule has 0 saturated heterocycles. The monoisotopic (exact) mass is 303 g/mol. The van der Waals surface area contributed by atoms with Gasteiger partial charge in [-0.3, -0.25) is 4.79 Å². The lowest BCUT2D eigenvalue weighted by molar-refractivity contribution is -0.128. The summed E-state index contributed by atoms with van der Waals surface area (Å²) in [6, 6.07) is 5.99. The molecule has 1 aromatic heterocycles. The minimum Gasteiger partial charge on any atom is -0.376 e. The number of amides is 1. The van der Waals surface area contributed by atoms with Crippen LogP contribution in [0.5, 0.6) is 0 Å². The second-order valence-electron chi connectivity index (χ2n) is 5.13. The van der Waals surface area contributed by atoms with E-state index >= 15 is 0 Å². The van der Waals surface area contributed by atoms with Crippen LogP contribution in [0.15, 0.2) is 30.4 Å². The average Bonchev–Trinajstić information content (AvgIpc) is 2.81. The number of thiazole rings is 1. The third kappa shape index (κ3) is 4.04. The summed E-state index contributed by atoms with van der Waals surface area (Å²) < 4.78 is 1.14. The number of carbonyl (C=O) groups excluding carboxylic acids is 1. The lowest BCUT2D eigenvalue weighted by atomic mass is 10.3. The quantitative estimate of drug-likeness (QED) is 0.831. The third-order valence-electron chi connectivity index (χ3n) is 3.13. The summed E-state index contributed by atoms with van der Waals surface area (Å²) >= 11 is 1.66. The molecule has 0 unspecified atom stereocenters. The highest BCUT2D eigenvalue weighted by molar-refractivity contribution is 7.18. The number of anilines is 1. The number of hydrogen-bond acceptors (Lipinski definition) is 4. The van der Waals surface area contributed by atoms with Crippen molar-refractivity contribution in [2.75, 3.05) is 25.0 Å². The van der Waals surface area contributed by atoms with Gasteiger partial charge in [0.25, 0.3) is 0 Å². The Morgan fingerprint density at radius 2 is 2.24 bits per heavy atom. The van der Waals surface area contributed by atoms with E-state index in [0.29, 0.717) is 19.6 Å². The zero-order valence-corrected chi connectivity index (χ0v) is 13.6. The van der Waals surface area contributed by atoms with Crippen LogP contribution in [0, 0.1) is 6.92 Å². The van der Waals surface area contributed by atoms with Crippen molar-refractivity contribution in [2.45, 2.75) is 20.8 Å². The van der Waals surface area contributed by atoms with Gasteiger partial charge in [-0.2, -0.15) is 0 Å². The SMILES string of the molecule is C=C(C)CN(CC)C(=O)CNc1ccc2nc(C)sc2c1. The number of benzene rings is 1. The van der Waals surface area contributed by atoms with Crippen LogP contribution in [-0.4, -0.2) is 35.4 Å². The van der Waals surface area contributed by atoms with E-state index in [1.54, 1.807) is 16.2 Å². The summed E-state index contributed by atoms with van der Waals surface area (Å²) in [5.74, 6) is 0.0843. The predicted molar refractivity (Wildman–Crippen MR) is 89.9 cm³/mol. The second kappa shape index (κ2) is 6.72. The first-order valence-corrected chi connectivity index (χ1v) is 7.84. The van der Waals surface area contributed by atoms with Crippen molar-refractivity contribution in [3.8, 4) is 0 Å². The van der Waals surface area contributed by atoms with Crippen LogP contribution in [0.4, 0.5) is 5.69 Å². The number of hydrogen-bond donors (Lipinski definition) is 1. The number of nitrogens with one attached hydrogen (secondary N) is 1. The van der Waals surface area contributed by atoms with Crippen molar-refractivity contribution in [3.63, 3.8) is 0 Å². The van der Waals surface area contributed by atoms with E-state index in [0.717, 1.165) is 26.5 Å². The van der Waals surface area contributed by atoms with Gasteiger partial charge in [0.1, 0.15) is 0 Å². The first-order chi connectivity index (χ1) is 9.99. The topological polar surface area (TPSA) is 45.2 Å². The van der Waals surface area contributed by atoms with E-state index < -0.39 is 0 Å². The summed E-state index contributed by atoms with van der Waals surface area (Å²) in [5, 5.41) is 4.24. The fraction of sp³-hybridized carbons (Fsp3) is 0.375. The molecule has 2 aromatic rings. The van der Waals surface area contributed by atoms with Gasteiger partial charge in [0.05, 0.1) is 21.8 Å². The van der Waals surface area contributed by atoms with Crippen LogP contribution in [0.2, 0.25) is 0 Å². The number of aromatic nitrogens is 1. The predicted octanol–water partition coefficient (Wildman–Crippen LogP) is 3.44. The van der Waals surface area contributed by atoms with Crippen LogP contribution >= 0.6 is 11.3 Å². The van der Waals surface area contributed by atoms with Crippen LogP contribution in [-0.2, 0) is 4.79 Å². The summed E-state index contributed by atoms with van der Waals surface area (Å²) in [6.07, 6.45) is 0. The minimum absolute atomic E-state index is 0.0843. The number of fused-ring (bicyclic) bond motifs is 1. The van der Waals surface area contributed by atoms with Gasteiger partial charge in [0.2, 0.25) is 5.91 Å². The van der Waals surface area contributed by atoms with E-state index in [4.69, 9.17) is 0 Å². The Kier molecular flexibility index (Phi) is 4.96. The number of rotatable bonds is 6. The third-order valence-corrected chi connectivity index (χ3v) is 4.07. The molecular formula is C16H21N3OS. The normalized spacial score (nSPS) is 10.6. The Bertz CT molecular complexity index is 663. The van der Waals surface area contributed by atoms with Crippen molar-refractivity contribution in [1.82, 2.24) is 9.88 Å². The van der Waals surface area contributed by atoms with E-state index in [1.165, 1.54) is 0 Å². The van der Waals surface area contributed by atoms with Crippen molar-refractivity contribution < 1.29 is 4.79 Å². The second-order valence-corrected chi connectivity index (χ2v) is 6.37. The van der Waals surface area contributed by atoms with Gasteiger partial charge in [0, 0.05) is 18.8 Å². The molecule has 0 atom stereocenters. The Morgan fingerprint density at radius 1 is 1.48 bits per heavy atom. The van der Waals surface area contributed by atoms with Crippen molar-refractivity contribution in [1.29, 1.82) is 0 Å². The summed E-state index contributed by atoms with van der Waals surface area (Å²) in [6.45, 7) is 11.4. The lowest BCUT2D eigenvalue weighted by Gasteiger charge is -2.21. The molecule has 0 aliphatic heterocycles. The number of nitrogens with zero attached hydrogens (tertiary/aromatic N) is 2. The molecule has 4 nitrogen and oxygen atoms in total. The molecular weight excluding hydrogens is 282 g/mol. The molecule has 21 heavy (non-hydrogen) atoms. The smallest absolute Gasteiger partial charge is 0.242 e. The number of likely N-dealkylation sites (N-methyl/N-ethyl adjacent to an activating group) is 1. The summed E-state index contributed by atoms with van der Waals surface area (Å²) in [7, 11) is 0. The van der Waals surface area contributed by atoms with E-state index in [-0.39, 0.29) is 5.91 Å². The molecule has 1 N–H and O–H groups in total. The first-order valence-electron chi connectivity index (χ1n) is 7.03. The van der Waals surface area contributed by atoms with Crippen molar-refractivity contribution in [2.24, 2.45) is 0 Å². The first kappa shape index (κ1) is 15.5. The minimum atomic E-state index is 0.0843. The maximum atomic E-state index is 12.2. The fourth-order valence-corrected chi connectivity index (χ4v) is 3.01. The van der Waals surface area contributed by atoms with Gasteiger partial charge in [-0.15, -0.1) is 11.3 Å². The molecule has 0 aliphatic carbocycles. The largest absolute Gasteiger partial charge is 0.376 e. The Morgan fingerprint density at radius 3 is 2.90 bits per heavy atom. The molecule has 5 heteroatoms. The summed E-state index contributed by atoms with van der Waals surface area (Å²) in [4.78, 5) is 18.4. The maximum absolute atomic E-state index is 12.2. The molecule has 0 aliphatic rings. The highest BCUT2D eigenvalue weighted by atomic mass is 32.1. The zero-order chi connectivity index (χ0) is 15.4. The van der Waals surface area contributed by atoms with Crippen LogP contribution in [0.25, 0.3) is 10.2 Å². The molecule has 0 saturated carbocycles. The number of aryl methyl sites for hydroxylation is 1. The van der Waals surface area contributed by atoms with Gasteiger partial charge in [-0.1, -0.05) is 12.2 Å². The van der Waals surface area contributed by atoms with Gasteiger partial charge in [-0.05, 0) is 39.0 Å². The Balaban J connectivity index is 2.00. The molecule has 112 valence electrons. The molecule has 1 aromatic carbocycles. The van der Waals surface area contributed by atoms with E-state index in [9.17, 15) is 4.79 Å². The highest BCUT2D eigenvalue weighted by Gasteiger charge is 2.11. The van der Waals surface area contributed by atoms with Gasteiger partial charge < -0.3 is 10.2 Å². The molecule has 2 rings (SSSR count). The molecule has 0 fully saturated rings. The average molecular weight is 303 g/mol. The van der Waals surface area contributed by atoms with E-state index in [2.05, 4.69) is 16.9 Å². The Labute approximate surface area is 129 Å². The van der Waals surface area contributed by atoms with Crippen LogP contribution in [0.1, 0.15) is 18.9 Å². The molecule has 0 bridgehead atoms. The molecule has 0 radical (unpaired) electrons. The highest BCUT2D eigenvalue weighted by Crippen LogP contribution is 2.24. The van der Waals surface area contributed by atoms with Gasteiger partial charge >= 0.3 is 0 Å². The standard InChI is InChI=1S/C16H21N3OS/c1-5-19(10-11(2)3)16(20)9-17-13-6-7-14-15(8-13)21-12(4)18-14/h6-8,17H,2,5,9-10H2,1,3-4H3. The maximum Gasteiger partial charge on any atom is 0.242 e. The summed E-state index contributed by atoms with van der Waals surface area (Å²) in [5.41, 5.74) is 2.95. The lowest BCUT2D eigenvalue weighted by Crippen LogP contribution is -2.36. The van der Waals surface area contributed by atoms with Gasteiger partial charge in [0.15, 0.2) is 0 Å². The van der Waals surface area contributed by atoms with Crippen molar-refractivity contribution in [3.05, 3.63) is 35.4 Å². The van der Waals surface area contributed by atoms with Crippen LogP contribution in [0.3, 0.4) is 0 Å².